The van der Waals surface area contributed by atoms with Gasteiger partial charge in [0.1, 0.15) is 5.69 Å². The lowest BCUT2D eigenvalue weighted by Gasteiger charge is -2.05. The minimum absolute atomic E-state index is 0.0582. The van der Waals surface area contributed by atoms with Gasteiger partial charge in [0.25, 0.3) is 11.6 Å². The molecule has 0 aliphatic rings. The number of carbonyl (C=O) groups is 1. The molecular weight excluding hydrogens is 264 g/mol. The molecule has 4 N–H and O–H groups in total. The van der Waals surface area contributed by atoms with Crippen LogP contribution in [0, 0.1) is 10.1 Å². The number of anilines is 2. The first kappa shape index (κ1) is 13.4. The van der Waals surface area contributed by atoms with Crippen molar-refractivity contribution in [2.75, 3.05) is 10.7 Å². The first-order valence-corrected chi connectivity index (χ1v) is 5.44. The zero-order valence-corrected chi connectivity index (χ0v) is 10.1. The third-order valence-electron chi connectivity index (χ3n) is 2.35. The summed E-state index contributed by atoms with van der Waals surface area (Å²) in [7, 11) is 0. The molecule has 0 radical (unpaired) electrons. The average Bonchev–Trinajstić information content (AvgIpc) is 2.47. The van der Waals surface area contributed by atoms with Crippen molar-refractivity contribution >= 4 is 23.1 Å². The molecule has 102 valence electrons. The van der Waals surface area contributed by atoms with E-state index in [4.69, 9.17) is 5.84 Å². The number of hydrogen-bond donors (Lipinski definition) is 3. The summed E-state index contributed by atoms with van der Waals surface area (Å²) in [5.41, 5.74) is 2.70. The van der Waals surface area contributed by atoms with Crippen molar-refractivity contribution in [1.29, 1.82) is 0 Å². The van der Waals surface area contributed by atoms with Crippen molar-refractivity contribution < 1.29 is 9.72 Å². The normalized spacial score (nSPS) is 9.85. The zero-order chi connectivity index (χ0) is 14.5. The third-order valence-corrected chi connectivity index (χ3v) is 2.35. The van der Waals surface area contributed by atoms with E-state index in [-0.39, 0.29) is 17.2 Å². The zero-order valence-electron chi connectivity index (χ0n) is 10.1. The summed E-state index contributed by atoms with van der Waals surface area (Å²) in [6.07, 6.45) is 2.64. The van der Waals surface area contributed by atoms with Crippen LogP contribution in [0.15, 0.2) is 36.7 Å². The molecule has 0 bridgehead atoms. The summed E-state index contributed by atoms with van der Waals surface area (Å²) in [5, 5.41) is 13.1. The molecule has 1 aromatic heterocycles. The number of hydrazine groups is 1. The Morgan fingerprint density at radius 3 is 2.55 bits per heavy atom. The number of nitrogens with two attached hydrogens (primary N) is 1. The number of amides is 1. The number of rotatable bonds is 4. The number of non-ortho nitro benzene ring substituents is 1. The highest BCUT2D eigenvalue weighted by Gasteiger charge is 2.10. The van der Waals surface area contributed by atoms with Gasteiger partial charge in [-0.3, -0.25) is 19.9 Å². The van der Waals surface area contributed by atoms with Crippen LogP contribution in [0.2, 0.25) is 0 Å². The molecule has 1 aromatic carbocycles. The molecule has 0 aliphatic carbocycles. The SMILES string of the molecule is NNc1cncc(C(=O)Nc2ccc([N+](=O)[O-])cc2)n1. The molecule has 20 heavy (non-hydrogen) atoms. The van der Waals surface area contributed by atoms with Crippen molar-refractivity contribution in [3.05, 3.63) is 52.5 Å². The van der Waals surface area contributed by atoms with Gasteiger partial charge in [0.05, 0.1) is 17.3 Å². The molecule has 0 fully saturated rings. The minimum atomic E-state index is -0.520. The Labute approximate surface area is 113 Å². The van der Waals surface area contributed by atoms with Gasteiger partial charge in [0.2, 0.25) is 0 Å². The lowest BCUT2D eigenvalue weighted by molar-refractivity contribution is -0.384. The number of nitro groups is 1. The summed E-state index contributed by atoms with van der Waals surface area (Å²) in [6.45, 7) is 0. The van der Waals surface area contributed by atoms with Crippen LogP contribution in [-0.2, 0) is 0 Å². The van der Waals surface area contributed by atoms with Gasteiger partial charge >= 0.3 is 0 Å². The maximum atomic E-state index is 11.9. The van der Waals surface area contributed by atoms with Gasteiger partial charge in [-0.15, -0.1) is 0 Å². The van der Waals surface area contributed by atoms with Gasteiger partial charge in [-0.2, -0.15) is 0 Å². The molecule has 2 aromatic rings. The number of carbonyl (C=O) groups excluding carboxylic acids is 1. The van der Waals surface area contributed by atoms with Crippen LogP contribution in [0.1, 0.15) is 10.5 Å². The Morgan fingerprint density at radius 2 is 1.95 bits per heavy atom. The molecule has 0 saturated heterocycles. The van der Waals surface area contributed by atoms with Crippen molar-refractivity contribution in [3.63, 3.8) is 0 Å². The first-order valence-electron chi connectivity index (χ1n) is 5.44. The van der Waals surface area contributed by atoms with Crippen molar-refractivity contribution in [1.82, 2.24) is 9.97 Å². The maximum Gasteiger partial charge on any atom is 0.275 e. The number of nitrogens with zero attached hydrogens (tertiary/aromatic N) is 3. The van der Waals surface area contributed by atoms with Crippen LogP contribution in [-0.4, -0.2) is 20.8 Å². The summed E-state index contributed by atoms with van der Waals surface area (Å²) in [4.78, 5) is 29.6. The van der Waals surface area contributed by atoms with Gasteiger partial charge < -0.3 is 10.7 Å². The quantitative estimate of drug-likeness (QED) is 0.428. The molecule has 2 rings (SSSR count). The van der Waals surface area contributed by atoms with E-state index in [0.717, 1.165) is 0 Å². The lowest BCUT2D eigenvalue weighted by Crippen LogP contribution is -2.16. The van der Waals surface area contributed by atoms with Crippen molar-refractivity contribution in [2.24, 2.45) is 5.84 Å². The Hall–Kier alpha value is -3.07. The van der Waals surface area contributed by atoms with Crippen LogP contribution in [0.25, 0.3) is 0 Å². The lowest BCUT2D eigenvalue weighted by atomic mass is 10.3. The van der Waals surface area contributed by atoms with Gasteiger partial charge in [-0.1, -0.05) is 0 Å². The topological polar surface area (TPSA) is 136 Å². The highest BCUT2D eigenvalue weighted by Crippen LogP contribution is 2.16. The van der Waals surface area contributed by atoms with Crippen LogP contribution in [0.5, 0.6) is 0 Å². The summed E-state index contributed by atoms with van der Waals surface area (Å²) in [6, 6.07) is 5.43. The van der Waals surface area contributed by atoms with Gasteiger partial charge in [0, 0.05) is 17.8 Å². The largest absolute Gasteiger partial charge is 0.321 e. The van der Waals surface area contributed by atoms with Crippen molar-refractivity contribution in [2.45, 2.75) is 0 Å². The Bertz CT molecular complexity index is 643. The molecule has 9 nitrogen and oxygen atoms in total. The van der Waals surface area contributed by atoms with E-state index in [2.05, 4.69) is 20.7 Å². The molecule has 1 heterocycles. The second-order valence-corrected chi connectivity index (χ2v) is 3.69. The van der Waals surface area contributed by atoms with Crippen molar-refractivity contribution in [3.8, 4) is 0 Å². The van der Waals surface area contributed by atoms with E-state index in [9.17, 15) is 14.9 Å². The Kier molecular flexibility index (Phi) is 3.82. The number of nitrogen functional groups attached to an aromatic ring is 1. The smallest absolute Gasteiger partial charge is 0.275 e. The second-order valence-electron chi connectivity index (χ2n) is 3.69. The molecule has 0 aliphatic heterocycles. The molecular formula is C11H10N6O3. The number of hydrogen-bond acceptors (Lipinski definition) is 7. The highest BCUT2D eigenvalue weighted by molar-refractivity contribution is 6.02. The summed E-state index contributed by atoms with van der Waals surface area (Å²) in [5.74, 6) is 4.92. The predicted octanol–water partition coefficient (Wildman–Crippen LogP) is 0.923. The minimum Gasteiger partial charge on any atom is -0.321 e. The van der Waals surface area contributed by atoms with E-state index in [1.54, 1.807) is 0 Å². The first-order chi connectivity index (χ1) is 9.60. The standard InChI is InChI=1S/C11H10N6O3/c12-16-10-6-13-5-9(15-10)11(18)14-7-1-3-8(4-2-7)17(19)20/h1-6H,12H2,(H,14,18)(H,15,16). The molecule has 0 atom stereocenters. The fourth-order valence-electron chi connectivity index (χ4n) is 1.41. The number of nitrogens with one attached hydrogen (secondary N) is 2. The van der Waals surface area contributed by atoms with Gasteiger partial charge in [-0.25, -0.2) is 10.8 Å². The molecule has 9 heteroatoms. The fraction of sp³-hybridized carbons (Fsp3) is 0. The second kappa shape index (κ2) is 5.71. The van der Waals surface area contributed by atoms with E-state index in [1.165, 1.54) is 36.7 Å². The van der Waals surface area contributed by atoms with Crippen LogP contribution in [0.4, 0.5) is 17.2 Å². The average molecular weight is 274 g/mol. The molecule has 0 unspecified atom stereocenters. The van der Waals surface area contributed by atoms with Crippen LogP contribution < -0.4 is 16.6 Å². The number of benzene rings is 1. The number of nitro benzene ring substituents is 1. The van der Waals surface area contributed by atoms with Crippen LogP contribution >= 0.6 is 0 Å². The Balaban J connectivity index is 2.12. The van der Waals surface area contributed by atoms with Gasteiger partial charge in [-0.05, 0) is 12.1 Å². The fourth-order valence-corrected chi connectivity index (χ4v) is 1.41. The van der Waals surface area contributed by atoms with E-state index >= 15 is 0 Å². The number of aromatic nitrogens is 2. The molecule has 0 saturated carbocycles. The maximum absolute atomic E-state index is 11.9. The molecule has 1 amide bonds. The summed E-state index contributed by atoms with van der Waals surface area (Å²) >= 11 is 0. The van der Waals surface area contributed by atoms with Gasteiger partial charge in [0.15, 0.2) is 5.82 Å². The summed E-state index contributed by atoms with van der Waals surface area (Å²) < 4.78 is 0. The van der Waals surface area contributed by atoms with E-state index in [0.29, 0.717) is 5.69 Å². The van der Waals surface area contributed by atoms with Crippen LogP contribution in [0.3, 0.4) is 0 Å². The predicted molar refractivity (Wildman–Crippen MR) is 70.9 cm³/mol. The highest BCUT2D eigenvalue weighted by atomic mass is 16.6. The third kappa shape index (κ3) is 3.03. The molecule has 0 spiro atoms. The van der Waals surface area contributed by atoms with E-state index in [1.807, 2.05) is 0 Å². The monoisotopic (exact) mass is 274 g/mol. The van der Waals surface area contributed by atoms with E-state index < -0.39 is 10.8 Å². The Morgan fingerprint density at radius 1 is 1.25 bits per heavy atom.